The maximum absolute atomic E-state index is 13.4. The first kappa shape index (κ1) is 27.3. The third kappa shape index (κ3) is 4.84. The lowest BCUT2D eigenvalue weighted by Gasteiger charge is -2.28. The quantitative estimate of drug-likeness (QED) is 0.240. The fourth-order valence-corrected chi connectivity index (χ4v) is 8.95. The van der Waals surface area contributed by atoms with Gasteiger partial charge >= 0.3 is 6.18 Å². The molecule has 0 aliphatic carbocycles. The van der Waals surface area contributed by atoms with Crippen LogP contribution < -0.4 is 5.19 Å². The van der Waals surface area contributed by atoms with Gasteiger partial charge in [-0.2, -0.15) is 13.2 Å². The van der Waals surface area contributed by atoms with Crippen molar-refractivity contribution in [2.24, 2.45) is 5.41 Å². The fraction of sp³-hybridized carbons (Fsp3) is 0.333. The minimum atomic E-state index is -4.25. The molecule has 0 unspecified atom stereocenters. The number of alkyl halides is 3. The van der Waals surface area contributed by atoms with Gasteiger partial charge in [0.05, 0.1) is 16.8 Å². The van der Waals surface area contributed by atoms with E-state index in [0.717, 1.165) is 22.5 Å². The fourth-order valence-electron chi connectivity index (χ4n) is 5.72. The van der Waals surface area contributed by atoms with E-state index in [2.05, 4.69) is 81.3 Å². The second-order valence-corrected chi connectivity index (χ2v) is 17.2. The Hall–Kier alpha value is -3.25. The van der Waals surface area contributed by atoms with Gasteiger partial charge < -0.3 is 0 Å². The van der Waals surface area contributed by atoms with Crippen LogP contribution in [-0.4, -0.2) is 24.2 Å². The van der Waals surface area contributed by atoms with Crippen LogP contribution in [0.15, 0.2) is 67.0 Å². The molecule has 1 aliphatic rings. The average molecular weight is 545 g/mol. The summed E-state index contributed by atoms with van der Waals surface area (Å²) in [5, 5.41) is 4.87. The molecule has 0 bridgehead atoms. The number of rotatable bonds is 4. The Bertz CT molecular complexity index is 1590. The van der Waals surface area contributed by atoms with E-state index in [9.17, 15) is 13.2 Å². The number of hydrogen-bond donors (Lipinski definition) is 0. The molecule has 0 amide bonds. The Morgan fingerprint density at radius 2 is 1.46 bits per heavy atom. The van der Waals surface area contributed by atoms with E-state index in [1.807, 2.05) is 24.3 Å². The van der Waals surface area contributed by atoms with E-state index in [0.29, 0.717) is 5.56 Å². The molecule has 0 spiro atoms. The lowest BCUT2D eigenvalue weighted by Crippen LogP contribution is -2.43. The van der Waals surface area contributed by atoms with Crippen molar-refractivity contribution in [3.8, 4) is 11.3 Å². The second-order valence-electron chi connectivity index (χ2n) is 12.9. The molecule has 2 heterocycles. The van der Waals surface area contributed by atoms with Crippen LogP contribution in [0.1, 0.15) is 57.0 Å². The van der Waals surface area contributed by atoms with Gasteiger partial charge in [-0.1, -0.05) is 96.2 Å². The van der Waals surface area contributed by atoms with Crippen LogP contribution in [0, 0.1) is 5.41 Å². The lowest BCUT2D eigenvalue weighted by atomic mass is 9.82. The van der Waals surface area contributed by atoms with Gasteiger partial charge in [0.25, 0.3) is 0 Å². The van der Waals surface area contributed by atoms with Crippen LogP contribution in [-0.2, 0) is 11.8 Å². The van der Waals surface area contributed by atoms with Gasteiger partial charge in [-0.3, -0.25) is 0 Å². The van der Waals surface area contributed by atoms with Crippen molar-refractivity contribution in [1.29, 1.82) is 0 Å². The van der Waals surface area contributed by atoms with E-state index in [1.54, 1.807) is 6.33 Å². The summed E-state index contributed by atoms with van der Waals surface area (Å²) in [6.45, 7) is 13.8. The third-order valence-electron chi connectivity index (χ3n) is 8.08. The summed E-state index contributed by atoms with van der Waals surface area (Å²) in [5.74, 6) is 0. The molecular formula is C33H35F3N2Si. The molecule has 0 saturated heterocycles. The molecule has 1 aliphatic heterocycles. The average Bonchev–Trinajstić information content (AvgIpc) is 3.13. The Morgan fingerprint density at radius 3 is 2.10 bits per heavy atom. The first-order valence-electron chi connectivity index (χ1n) is 13.4. The molecule has 0 N–H and O–H groups in total. The van der Waals surface area contributed by atoms with Crippen molar-refractivity contribution < 1.29 is 13.2 Å². The molecule has 4 aromatic rings. The van der Waals surface area contributed by atoms with Crippen LogP contribution >= 0.6 is 0 Å². The van der Waals surface area contributed by atoms with Crippen molar-refractivity contribution in [3.05, 3.63) is 89.4 Å². The van der Waals surface area contributed by atoms with E-state index in [-0.39, 0.29) is 11.8 Å². The summed E-state index contributed by atoms with van der Waals surface area (Å²) >= 11 is 0. The Kier molecular flexibility index (Phi) is 6.41. The molecule has 0 radical (unpaired) electrons. The molecule has 0 saturated carbocycles. The van der Waals surface area contributed by atoms with Crippen molar-refractivity contribution in [2.75, 3.05) is 0 Å². The summed E-state index contributed by atoms with van der Waals surface area (Å²) < 4.78 is 40.3. The van der Waals surface area contributed by atoms with Crippen molar-refractivity contribution >= 4 is 35.3 Å². The lowest BCUT2D eigenvalue weighted by molar-refractivity contribution is -0.211. The number of aromatic nitrogens is 2. The van der Waals surface area contributed by atoms with Gasteiger partial charge in [0.2, 0.25) is 0 Å². The van der Waals surface area contributed by atoms with Crippen molar-refractivity contribution in [3.63, 3.8) is 0 Å². The minimum absolute atomic E-state index is 0.0371. The maximum atomic E-state index is 13.4. The second kappa shape index (κ2) is 9.15. The monoisotopic (exact) mass is 544 g/mol. The molecule has 3 aromatic carbocycles. The largest absolute Gasteiger partial charge is 0.394 e. The molecule has 0 atom stereocenters. The van der Waals surface area contributed by atoms with Gasteiger partial charge in [0.1, 0.15) is 14.4 Å². The van der Waals surface area contributed by atoms with Gasteiger partial charge in [-0.05, 0) is 67.9 Å². The highest BCUT2D eigenvalue weighted by atomic mass is 28.3. The highest BCUT2D eigenvalue weighted by molar-refractivity contribution is 7.07. The summed E-state index contributed by atoms with van der Waals surface area (Å²) in [7, 11) is -2.23. The molecule has 202 valence electrons. The first-order valence-corrected chi connectivity index (χ1v) is 16.4. The summed E-state index contributed by atoms with van der Waals surface area (Å²) in [6.07, 6.45) is -0.495. The SMILES string of the molecule is CC(C)(C)c1cc(-c2ncnc3c2[Si](C)(C)C(c2ccc(CC(C)(C)C(F)(F)F)cc2)=C3)cc2ccccc12. The van der Waals surface area contributed by atoms with Gasteiger partial charge in [0.15, 0.2) is 0 Å². The number of benzene rings is 3. The normalized spacial score (nSPS) is 15.4. The number of hydrogen-bond acceptors (Lipinski definition) is 2. The van der Waals surface area contributed by atoms with Crippen LogP contribution in [0.3, 0.4) is 0 Å². The smallest absolute Gasteiger partial charge is 0.237 e. The van der Waals surface area contributed by atoms with E-state index >= 15 is 0 Å². The number of halogens is 3. The van der Waals surface area contributed by atoms with E-state index in [4.69, 9.17) is 4.98 Å². The molecule has 5 rings (SSSR count). The van der Waals surface area contributed by atoms with E-state index < -0.39 is 19.7 Å². The zero-order valence-corrected chi connectivity index (χ0v) is 24.7. The molecule has 6 heteroatoms. The maximum Gasteiger partial charge on any atom is 0.394 e. The zero-order chi connectivity index (χ0) is 28.4. The Morgan fingerprint density at radius 1 is 0.795 bits per heavy atom. The third-order valence-corrected chi connectivity index (χ3v) is 11.6. The Labute approximate surface area is 230 Å². The molecule has 0 fully saturated rings. The highest BCUT2D eigenvalue weighted by Crippen LogP contribution is 2.41. The van der Waals surface area contributed by atoms with Gasteiger partial charge in [0, 0.05) is 5.56 Å². The Balaban J connectivity index is 1.55. The predicted molar refractivity (Wildman–Crippen MR) is 159 cm³/mol. The molecule has 1 aromatic heterocycles. The predicted octanol–water partition coefficient (Wildman–Crippen LogP) is 8.73. The summed E-state index contributed by atoms with van der Waals surface area (Å²) in [4.78, 5) is 9.50. The molecular weight excluding hydrogens is 509 g/mol. The van der Waals surface area contributed by atoms with Gasteiger partial charge in [-0.25, -0.2) is 9.97 Å². The summed E-state index contributed by atoms with van der Waals surface area (Å²) in [6, 6.07) is 20.6. The molecule has 2 nitrogen and oxygen atoms in total. The van der Waals surface area contributed by atoms with Crippen LogP contribution in [0.2, 0.25) is 13.1 Å². The highest BCUT2D eigenvalue weighted by Gasteiger charge is 2.47. The molecule has 39 heavy (non-hydrogen) atoms. The van der Waals surface area contributed by atoms with Crippen LogP contribution in [0.25, 0.3) is 33.3 Å². The van der Waals surface area contributed by atoms with Crippen molar-refractivity contribution in [2.45, 2.75) is 65.7 Å². The standard InChI is InChI=1S/C33H35F3N2Si/c1-31(2,3)26-17-24(16-23-10-8-9-11-25(23)26)29-30-27(37-20-38-29)18-28(39(30,6)7)22-14-12-21(13-15-22)19-32(4,5)33(34,35)36/h8-18,20H,19H2,1-7H3. The van der Waals surface area contributed by atoms with Crippen molar-refractivity contribution in [1.82, 2.24) is 9.97 Å². The number of nitrogens with zero attached hydrogens (tertiary/aromatic N) is 2. The topological polar surface area (TPSA) is 25.8 Å². The zero-order valence-electron chi connectivity index (χ0n) is 23.7. The first-order chi connectivity index (χ1) is 18.1. The van der Waals surface area contributed by atoms with Gasteiger partial charge in [-0.15, -0.1) is 0 Å². The van der Waals surface area contributed by atoms with E-state index in [1.165, 1.54) is 40.6 Å². The number of fused-ring (bicyclic) bond motifs is 2. The van der Waals surface area contributed by atoms with Crippen LogP contribution in [0.5, 0.6) is 0 Å². The summed E-state index contributed by atoms with van der Waals surface area (Å²) in [5.41, 5.74) is 4.21. The minimum Gasteiger partial charge on any atom is -0.237 e. The van der Waals surface area contributed by atoms with Crippen LogP contribution in [0.4, 0.5) is 13.2 Å².